The van der Waals surface area contributed by atoms with Crippen molar-refractivity contribution in [3.05, 3.63) is 46.0 Å². The Kier molecular flexibility index (Phi) is 4.12. The predicted molar refractivity (Wildman–Crippen MR) is 70.1 cm³/mol. The molecule has 1 heterocycles. The van der Waals surface area contributed by atoms with Gasteiger partial charge >= 0.3 is 11.7 Å². The van der Waals surface area contributed by atoms with Crippen LogP contribution in [0, 0.1) is 10.1 Å². The first-order valence-corrected chi connectivity index (χ1v) is 6.04. The molecule has 0 radical (unpaired) electrons. The van der Waals surface area contributed by atoms with E-state index in [2.05, 4.69) is 10.1 Å². The molecule has 0 saturated heterocycles. The summed E-state index contributed by atoms with van der Waals surface area (Å²) in [5.41, 5.74) is -0.393. The Bertz CT molecular complexity index is 682. The summed E-state index contributed by atoms with van der Waals surface area (Å²) in [7, 11) is 0. The van der Waals surface area contributed by atoms with Gasteiger partial charge in [0.15, 0.2) is 11.6 Å². The summed E-state index contributed by atoms with van der Waals surface area (Å²) in [6, 6.07) is 3.37. The van der Waals surface area contributed by atoms with Crippen LogP contribution >= 0.6 is 0 Å². The molecule has 9 heteroatoms. The molecule has 21 heavy (non-hydrogen) atoms. The van der Waals surface area contributed by atoms with E-state index >= 15 is 0 Å². The zero-order valence-corrected chi connectivity index (χ0v) is 11.1. The molecule has 110 valence electrons. The summed E-state index contributed by atoms with van der Waals surface area (Å²) in [5.74, 6) is -0.815. The van der Waals surface area contributed by atoms with Crippen LogP contribution in [0.5, 0.6) is 5.75 Å². The molecule has 2 rings (SSSR count). The van der Waals surface area contributed by atoms with E-state index in [0.29, 0.717) is 12.4 Å². The predicted octanol–water partition coefficient (Wildman–Crippen LogP) is 1.48. The smallest absolute Gasteiger partial charge is 0.335 e. The minimum absolute atomic E-state index is 0.0439. The molecule has 1 aromatic carbocycles. The minimum Gasteiger partial charge on any atom is -0.479 e. The van der Waals surface area contributed by atoms with Gasteiger partial charge in [-0.3, -0.25) is 10.1 Å². The fourth-order valence-corrected chi connectivity index (χ4v) is 1.72. The first-order chi connectivity index (χ1) is 10.0. The normalized spacial score (nSPS) is 10.3. The largest absolute Gasteiger partial charge is 0.479 e. The number of hydrogen-bond donors (Lipinski definition) is 1. The second-order valence-electron chi connectivity index (χ2n) is 4.03. The van der Waals surface area contributed by atoms with Gasteiger partial charge in [0.25, 0.3) is 0 Å². The molecule has 1 N–H and O–H groups in total. The average Bonchev–Trinajstić information content (AvgIpc) is 2.91. The van der Waals surface area contributed by atoms with Crippen LogP contribution in [0.15, 0.2) is 24.5 Å². The van der Waals surface area contributed by atoms with Crippen LogP contribution in [0.4, 0.5) is 5.69 Å². The molecule has 9 nitrogen and oxygen atoms in total. The van der Waals surface area contributed by atoms with Gasteiger partial charge in [-0.2, -0.15) is 5.10 Å². The van der Waals surface area contributed by atoms with Gasteiger partial charge in [-0.1, -0.05) is 0 Å². The molecule has 0 aliphatic rings. The Morgan fingerprint density at radius 2 is 2.29 bits per heavy atom. The van der Waals surface area contributed by atoms with Gasteiger partial charge in [0.2, 0.25) is 0 Å². The highest BCUT2D eigenvalue weighted by Crippen LogP contribution is 2.28. The van der Waals surface area contributed by atoms with E-state index in [1.165, 1.54) is 6.33 Å². The summed E-state index contributed by atoms with van der Waals surface area (Å²) in [4.78, 5) is 25.2. The van der Waals surface area contributed by atoms with Crippen LogP contribution in [0.2, 0.25) is 0 Å². The van der Waals surface area contributed by atoms with E-state index in [-0.39, 0.29) is 23.6 Å². The fourth-order valence-electron chi connectivity index (χ4n) is 1.72. The third-order valence-electron chi connectivity index (χ3n) is 2.76. The number of hydrogen-bond acceptors (Lipinski definition) is 6. The molecule has 0 spiro atoms. The minimum atomic E-state index is -1.19. The van der Waals surface area contributed by atoms with Crippen molar-refractivity contribution < 1.29 is 19.6 Å². The number of nitrogens with zero attached hydrogens (tertiary/aromatic N) is 4. The number of rotatable bonds is 6. The number of carboxylic acid groups (broad SMARTS) is 1. The number of aromatic nitrogens is 3. The van der Waals surface area contributed by atoms with Gasteiger partial charge in [-0.15, -0.1) is 0 Å². The topological polar surface area (TPSA) is 120 Å². The van der Waals surface area contributed by atoms with Crippen molar-refractivity contribution >= 4 is 11.7 Å². The van der Waals surface area contributed by atoms with Crippen molar-refractivity contribution in [2.24, 2.45) is 0 Å². The molecule has 0 bridgehead atoms. The van der Waals surface area contributed by atoms with E-state index in [1.807, 2.05) is 6.92 Å². The van der Waals surface area contributed by atoms with Crippen molar-refractivity contribution in [2.75, 3.05) is 0 Å². The summed E-state index contributed by atoms with van der Waals surface area (Å²) < 4.78 is 6.92. The molecule has 0 aliphatic heterocycles. The first-order valence-electron chi connectivity index (χ1n) is 6.04. The van der Waals surface area contributed by atoms with Crippen molar-refractivity contribution in [3.8, 4) is 5.75 Å². The molecule has 0 saturated carbocycles. The third-order valence-corrected chi connectivity index (χ3v) is 2.76. The van der Waals surface area contributed by atoms with Gasteiger partial charge in [0, 0.05) is 18.7 Å². The fraction of sp³-hybridized carbons (Fsp3) is 0.250. The number of benzene rings is 1. The van der Waals surface area contributed by atoms with E-state index in [1.54, 1.807) is 4.68 Å². The maximum atomic E-state index is 10.9. The molecule has 0 unspecified atom stereocenters. The number of ether oxygens (including phenoxy) is 1. The van der Waals surface area contributed by atoms with Gasteiger partial charge in [0.05, 0.1) is 10.5 Å². The van der Waals surface area contributed by atoms with Crippen LogP contribution in [0.3, 0.4) is 0 Å². The molecule has 0 atom stereocenters. The molecule has 0 amide bonds. The molecule has 2 aromatic rings. The summed E-state index contributed by atoms with van der Waals surface area (Å²) in [6.45, 7) is 2.40. The quantitative estimate of drug-likeness (QED) is 0.632. The van der Waals surface area contributed by atoms with Gasteiger partial charge in [0.1, 0.15) is 12.9 Å². The van der Waals surface area contributed by atoms with Crippen LogP contribution in [0.25, 0.3) is 0 Å². The van der Waals surface area contributed by atoms with E-state index in [4.69, 9.17) is 9.84 Å². The molecule has 1 aromatic heterocycles. The Morgan fingerprint density at radius 3 is 2.90 bits per heavy atom. The monoisotopic (exact) mass is 292 g/mol. The highest BCUT2D eigenvalue weighted by molar-refractivity contribution is 5.88. The number of carboxylic acids is 1. The summed E-state index contributed by atoms with van der Waals surface area (Å²) >= 11 is 0. The second-order valence-corrected chi connectivity index (χ2v) is 4.03. The van der Waals surface area contributed by atoms with E-state index in [0.717, 1.165) is 18.2 Å². The Morgan fingerprint density at radius 1 is 1.52 bits per heavy atom. The second kappa shape index (κ2) is 5.99. The highest BCUT2D eigenvalue weighted by atomic mass is 16.6. The number of aryl methyl sites for hydroxylation is 1. The lowest BCUT2D eigenvalue weighted by atomic mass is 10.2. The Hall–Kier alpha value is -2.97. The lowest BCUT2D eigenvalue weighted by Crippen LogP contribution is -2.08. The van der Waals surface area contributed by atoms with Gasteiger partial charge < -0.3 is 9.84 Å². The average molecular weight is 292 g/mol. The van der Waals surface area contributed by atoms with Gasteiger partial charge in [-0.05, 0) is 13.0 Å². The molecule has 0 fully saturated rings. The van der Waals surface area contributed by atoms with Gasteiger partial charge in [-0.25, -0.2) is 14.5 Å². The Balaban J connectivity index is 2.27. The standard InChI is InChI=1S/C12H12N4O5/c1-2-15-11(13-7-14-15)6-21-10-5-8(12(17)18)3-4-9(10)16(19)20/h3-5,7H,2,6H2,1H3,(H,17,18). The lowest BCUT2D eigenvalue weighted by Gasteiger charge is -2.08. The number of aromatic carboxylic acids is 1. The zero-order valence-electron chi connectivity index (χ0n) is 11.1. The molecule has 0 aliphatic carbocycles. The first kappa shape index (κ1) is 14.4. The number of carbonyl (C=O) groups is 1. The van der Waals surface area contributed by atoms with E-state index < -0.39 is 10.9 Å². The van der Waals surface area contributed by atoms with Crippen LogP contribution < -0.4 is 4.74 Å². The van der Waals surface area contributed by atoms with E-state index in [9.17, 15) is 14.9 Å². The van der Waals surface area contributed by atoms with Crippen molar-refractivity contribution in [3.63, 3.8) is 0 Å². The van der Waals surface area contributed by atoms with Crippen LogP contribution in [-0.4, -0.2) is 30.8 Å². The van der Waals surface area contributed by atoms with Crippen LogP contribution in [-0.2, 0) is 13.2 Å². The maximum absolute atomic E-state index is 10.9. The lowest BCUT2D eigenvalue weighted by molar-refractivity contribution is -0.386. The SMILES string of the molecule is CCn1ncnc1COc1cc(C(=O)O)ccc1[N+](=O)[O-]. The zero-order chi connectivity index (χ0) is 15.4. The summed E-state index contributed by atoms with van der Waals surface area (Å²) in [5, 5.41) is 23.8. The van der Waals surface area contributed by atoms with Crippen molar-refractivity contribution in [2.45, 2.75) is 20.1 Å². The molecular formula is C12H12N4O5. The highest BCUT2D eigenvalue weighted by Gasteiger charge is 2.18. The van der Waals surface area contributed by atoms with Crippen LogP contribution in [0.1, 0.15) is 23.1 Å². The Labute approximate surface area is 118 Å². The number of nitro benzene ring substituents is 1. The maximum Gasteiger partial charge on any atom is 0.335 e. The van der Waals surface area contributed by atoms with Crippen molar-refractivity contribution in [1.82, 2.24) is 14.8 Å². The number of nitro groups is 1. The van der Waals surface area contributed by atoms with Crippen molar-refractivity contribution in [1.29, 1.82) is 0 Å². The molecular weight excluding hydrogens is 280 g/mol. The summed E-state index contributed by atoms with van der Waals surface area (Å²) in [6.07, 6.45) is 1.35. The third kappa shape index (κ3) is 3.14.